The number of aryl methyl sites for hydroxylation is 1. The Morgan fingerprint density at radius 2 is 1.83 bits per heavy atom. The maximum Gasteiger partial charge on any atom is 0.305 e. The summed E-state index contributed by atoms with van der Waals surface area (Å²) in [6.07, 6.45) is 4.03. The molecule has 1 N–H and O–H groups in total. The van der Waals surface area contributed by atoms with Crippen LogP contribution in [0.25, 0.3) is 6.08 Å². The first-order valence-electron chi connectivity index (χ1n) is 9.41. The van der Waals surface area contributed by atoms with Gasteiger partial charge in [0.1, 0.15) is 18.1 Å². The molecule has 2 aromatic carbocycles. The van der Waals surface area contributed by atoms with Crippen LogP contribution >= 0.6 is 0 Å². The number of esters is 1. The smallest absolute Gasteiger partial charge is 0.305 e. The quantitative estimate of drug-likeness (QED) is 0.376. The van der Waals surface area contributed by atoms with Crippen LogP contribution < -0.4 is 14.8 Å². The van der Waals surface area contributed by atoms with Crippen molar-refractivity contribution < 1.29 is 23.8 Å². The van der Waals surface area contributed by atoms with Crippen LogP contribution in [0.5, 0.6) is 11.5 Å². The number of rotatable bonds is 10. The fourth-order valence-electron chi connectivity index (χ4n) is 2.57. The molecule has 0 unspecified atom stereocenters. The molecule has 0 bridgehead atoms. The van der Waals surface area contributed by atoms with Gasteiger partial charge in [-0.25, -0.2) is 0 Å². The number of carbonyl (C=O) groups is 2. The molecule has 0 aliphatic heterocycles. The van der Waals surface area contributed by atoms with Gasteiger partial charge >= 0.3 is 5.97 Å². The summed E-state index contributed by atoms with van der Waals surface area (Å²) in [4.78, 5) is 22.8. The van der Waals surface area contributed by atoms with E-state index in [0.29, 0.717) is 19.6 Å². The summed E-state index contributed by atoms with van der Waals surface area (Å²) >= 11 is 0. The number of carbonyl (C=O) groups excluding carboxylic acids is 2. The Balaban J connectivity index is 1.78. The fraction of sp³-hybridized carbons (Fsp3) is 0.304. The highest BCUT2D eigenvalue weighted by molar-refractivity contribution is 5.91. The van der Waals surface area contributed by atoms with Crippen molar-refractivity contribution in [3.8, 4) is 11.5 Å². The Morgan fingerprint density at radius 1 is 1.07 bits per heavy atom. The highest BCUT2D eigenvalue weighted by atomic mass is 16.5. The fourth-order valence-corrected chi connectivity index (χ4v) is 2.57. The number of hydrogen-bond donors (Lipinski definition) is 1. The largest absolute Gasteiger partial charge is 0.496 e. The summed E-state index contributed by atoms with van der Waals surface area (Å²) in [5.74, 6) is 1.10. The minimum atomic E-state index is -0.279. The van der Waals surface area contributed by atoms with Crippen LogP contribution in [0, 0.1) is 6.92 Å². The number of nitrogens with one attached hydrogen (secondary N) is 1. The molecule has 0 radical (unpaired) electrons. The predicted octanol–water partition coefficient (Wildman–Crippen LogP) is 3.67. The molecule has 0 saturated heterocycles. The molecule has 0 fully saturated rings. The molecule has 2 rings (SSSR count). The van der Waals surface area contributed by atoms with Crippen LogP contribution in [0.1, 0.15) is 29.5 Å². The van der Waals surface area contributed by atoms with Gasteiger partial charge in [0.15, 0.2) is 0 Å². The lowest BCUT2D eigenvalue weighted by atomic mass is 10.1. The summed E-state index contributed by atoms with van der Waals surface area (Å²) in [5, 5.41) is 2.73. The van der Waals surface area contributed by atoms with Gasteiger partial charge < -0.3 is 19.5 Å². The topological polar surface area (TPSA) is 73.9 Å². The molecule has 6 heteroatoms. The SMILES string of the molecule is COC(=O)CCCNC(=O)/C=C/c1ccc(OCc2ccc(C)c(OC)c2)cc1. The summed E-state index contributed by atoms with van der Waals surface area (Å²) in [6.45, 7) is 2.87. The van der Waals surface area contributed by atoms with Crippen LogP contribution in [-0.4, -0.2) is 32.6 Å². The van der Waals surface area contributed by atoms with E-state index in [9.17, 15) is 9.59 Å². The number of amides is 1. The number of ether oxygens (including phenoxy) is 3. The molecule has 0 heterocycles. The van der Waals surface area contributed by atoms with E-state index in [0.717, 1.165) is 28.2 Å². The lowest BCUT2D eigenvalue weighted by Gasteiger charge is -2.09. The summed E-state index contributed by atoms with van der Waals surface area (Å²) in [7, 11) is 3.00. The third-order valence-electron chi connectivity index (χ3n) is 4.27. The molecular weight excluding hydrogens is 370 g/mol. The highest BCUT2D eigenvalue weighted by Gasteiger charge is 2.03. The molecule has 2 aromatic rings. The van der Waals surface area contributed by atoms with Crippen molar-refractivity contribution in [2.45, 2.75) is 26.4 Å². The van der Waals surface area contributed by atoms with Gasteiger partial charge in [0, 0.05) is 19.0 Å². The van der Waals surface area contributed by atoms with E-state index in [-0.39, 0.29) is 18.3 Å². The molecule has 0 saturated carbocycles. The summed E-state index contributed by atoms with van der Waals surface area (Å²) in [5.41, 5.74) is 3.00. The van der Waals surface area contributed by atoms with Crippen LogP contribution in [0.2, 0.25) is 0 Å². The molecule has 1 amide bonds. The monoisotopic (exact) mass is 397 g/mol. The second kappa shape index (κ2) is 11.5. The number of methoxy groups -OCH3 is 2. The molecular formula is C23H27NO5. The van der Waals surface area contributed by atoms with Gasteiger partial charge in [-0.1, -0.05) is 24.3 Å². The zero-order chi connectivity index (χ0) is 21.1. The van der Waals surface area contributed by atoms with Crippen molar-refractivity contribution in [3.63, 3.8) is 0 Å². The van der Waals surface area contributed by atoms with Gasteiger partial charge in [0.2, 0.25) is 5.91 Å². The maximum atomic E-state index is 11.8. The van der Waals surface area contributed by atoms with Gasteiger partial charge in [-0.05, 0) is 54.3 Å². The molecule has 0 spiro atoms. The first kappa shape index (κ1) is 22.0. The molecule has 0 aromatic heterocycles. The van der Waals surface area contributed by atoms with Crippen molar-refractivity contribution in [2.75, 3.05) is 20.8 Å². The Morgan fingerprint density at radius 3 is 2.52 bits per heavy atom. The highest BCUT2D eigenvalue weighted by Crippen LogP contribution is 2.21. The second-order valence-electron chi connectivity index (χ2n) is 6.47. The zero-order valence-corrected chi connectivity index (χ0v) is 17.1. The Hall–Kier alpha value is -3.28. The average molecular weight is 397 g/mol. The van der Waals surface area contributed by atoms with Crippen LogP contribution in [0.4, 0.5) is 0 Å². The van der Waals surface area contributed by atoms with Crippen LogP contribution in [0.3, 0.4) is 0 Å². The molecule has 6 nitrogen and oxygen atoms in total. The Kier molecular flexibility index (Phi) is 8.76. The Bertz CT molecular complexity index is 843. The molecule has 0 atom stereocenters. The first-order valence-corrected chi connectivity index (χ1v) is 9.41. The van der Waals surface area contributed by atoms with E-state index in [2.05, 4.69) is 10.1 Å². The Labute approximate surface area is 171 Å². The maximum absolute atomic E-state index is 11.8. The third-order valence-corrected chi connectivity index (χ3v) is 4.27. The van der Waals surface area contributed by atoms with Crippen LogP contribution in [0.15, 0.2) is 48.5 Å². The molecule has 0 aliphatic rings. The van der Waals surface area contributed by atoms with Crippen LogP contribution in [-0.2, 0) is 20.9 Å². The minimum absolute atomic E-state index is 0.205. The summed E-state index contributed by atoms with van der Waals surface area (Å²) < 4.78 is 15.7. The van der Waals surface area contributed by atoms with Gasteiger partial charge in [0.05, 0.1) is 14.2 Å². The molecule has 154 valence electrons. The summed E-state index contributed by atoms with van der Waals surface area (Å²) in [6, 6.07) is 13.5. The lowest BCUT2D eigenvalue weighted by Crippen LogP contribution is -2.22. The van der Waals surface area contributed by atoms with Crippen molar-refractivity contribution in [3.05, 3.63) is 65.2 Å². The normalized spacial score (nSPS) is 10.6. The first-order chi connectivity index (χ1) is 14.0. The van der Waals surface area contributed by atoms with E-state index < -0.39 is 0 Å². The lowest BCUT2D eigenvalue weighted by molar-refractivity contribution is -0.140. The molecule has 0 aliphatic carbocycles. The minimum Gasteiger partial charge on any atom is -0.496 e. The number of hydrogen-bond acceptors (Lipinski definition) is 5. The van der Waals surface area contributed by atoms with Gasteiger partial charge in [-0.3, -0.25) is 9.59 Å². The van der Waals surface area contributed by atoms with Crippen molar-refractivity contribution in [1.82, 2.24) is 5.32 Å². The molecule has 29 heavy (non-hydrogen) atoms. The van der Waals surface area contributed by atoms with E-state index in [1.54, 1.807) is 13.2 Å². The van der Waals surface area contributed by atoms with E-state index in [1.807, 2.05) is 49.4 Å². The van der Waals surface area contributed by atoms with Gasteiger partial charge in [0.25, 0.3) is 0 Å². The number of benzene rings is 2. The third kappa shape index (κ3) is 7.70. The standard InChI is InChI=1S/C23H27NO5/c1-17-6-7-19(15-21(17)27-2)16-29-20-11-8-18(9-12-20)10-13-22(25)24-14-4-5-23(26)28-3/h6-13,15H,4-5,14,16H2,1-3H3,(H,24,25)/b13-10+. The average Bonchev–Trinajstić information content (AvgIpc) is 2.75. The zero-order valence-electron chi connectivity index (χ0n) is 17.1. The van der Waals surface area contributed by atoms with Gasteiger partial charge in [-0.2, -0.15) is 0 Å². The van der Waals surface area contributed by atoms with E-state index in [1.165, 1.54) is 13.2 Å². The second-order valence-corrected chi connectivity index (χ2v) is 6.47. The van der Waals surface area contributed by atoms with Crippen molar-refractivity contribution in [1.29, 1.82) is 0 Å². The van der Waals surface area contributed by atoms with E-state index in [4.69, 9.17) is 9.47 Å². The van der Waals surface area contributed by atoms with Crippen molar-refractivity contribution in [2.24, 2.45) is 0 Å². The van der Waals surface area contributed by atoms with Crippen molar-refractivity contribution >= 4 is 18.0 Å². The predicted molar refractivity (Wildman–Crippen MR) is 112 cm³/mol. The van der Waals surface area contributed by atoms with E-state index >= 15 is 0 Å². The van der Waals surface area contributed by atoms with Gasteiger partial charge in [-0.15, -0.1) is 0 Å².